The summed E-state index contributed by atoms with van der Waals surface area (Å²) >= 11 is 0. The van der Waals surface area contributed by atoms with E-state index in [0.717, 1.165) is 12.0 Å². The van der Waals surface area contributed by atoms with Gasteiger partial charge in [-0.15, -0.1) is 0 Å². The van der Waals surface area contributed by atoms with Gasteiger partial charge in [0.25, 0.3) is 11.8 Å². The number of fused-ring (bicyclic) bond motifs is 1. The Labute approximate surface area is 242 Å². The molecule has 14 heteroatoms. The van der Waals surface area contributed by atoms with Gasteiger partial charge in [-0.2, -0.15) is 0 Å². The number of para-hydroxylation sites is 1. The van der Waals surface area contributed by atoms with Gasteiger partial charge in [-0.25, -0.2) is 4.98 Å². The van der Waals surface area contributed by atoms with Crippen LogP contribution in [0.1, 0.15) is 46.7 Å². The van der Waals surface area contributed by atoms with Crippen molar-refractivity contribution >= 4 is 23.7 Å². The first-order valence-electron chi connectivity index (χ1n) is 13.9. The van der Waals surface area contributed by atoms with Crippen molar-refractivity contribution in [2.24, 2.45) is 0 Å². The third-order valence-corrected chi connectivity index (χ3v) is 8.68. The fourth-order valence-electron chi connectivity index (χ4n) is 6.44. The molecule has 1 aromatic carbocycles. The average molecular weight is 578 g/mol. The Kier molecular flexibility index (Phi) is 6.60. The number of ether oxygens (including phenoxy) is 2. The van der Waals surface area contributed by atoms with Gasteiger partial charge in [-0.1, -0.05) is 32.0 Å². The number of carbonyl (C=O) groups excluding carboxylic acids is 2. The maximum absolute atomic E-state index is 13.6. The summed E-state index contributed by atoms with van der Waals surface area (Å²) in [5.41, 5.74) is 0.0596. The van der Waals surface area contributed by atoms with E-state index >= 15 is 0 Å². The van der Waals surface area contributed by atoms with Crippen molar-refractivity contribution in [3.05, 3.63) is 53.2 Å². The Morgan fingerprint density at radius 3 is 2.76 bits per heavy atom. The Balaban J connectivity index is 1.21. The Bertz CT molecular complexity index is 1460. The molecule has 0 bridgehead atoms. The summed E-state index contributed by atoms with van der Waals surface area (Å²) in [6, 6.07) is 8.37. The van der Waals surface area contributed by atoms with Gasteiger partial charge in [0, 0.05) is 24.7 Å². The zero-order chi connectivity index (χ0) is 29.8. The van der Waals surface area contributed by atoms with Crippen LogP contribution in [0.3, 0.4) is 0 Å². The molecule has 8 N–H and O–H groups in total. The number of guanidine groups is 2. The Hall–Kier alpha value is -4.59. The molecule has 1 aromatic heterocycles. The molecule has 222 valence electrons. The van der Waals surface area contributed by atoms with Crippen LogP contribution >= 0.6 is 0 Å². The molecule has 6 rings (SSSR count). The largest absolute Gasteiger partial charge is 0.492 e. The molecule has 42 heavy (non-hydrogen) atoms. The number of aliphatic hydroxyl groups is 1. The summed E-state index contributed by atoms with van der Waals surface area (Å²) in [6.07, 6.45) is -0.373. The second-order valence-corrected chi connectivity index (χ2v) is 11.6. The van der Waals surface area contributed by atoms with Gasteiger partial charge in [0.2, 0.25) is 5.88 Å². The van der Waals surface area contributed by atoms with E-state index in [-0.39, 0.29) is 36.1 Å². The molecule has 1 unspecified atom stereocenters. The zero-order valence-electron chi connectivity index (χ0n) is 23.6. The number of benzene rings is 1. The van der Waals surface area contributed by atoms with E-state index in [9.17, 15) is 14.7 Å². The van der Waals surface area contributed by atoms with Crippen LogP contribution in [0.2, 0.25) is 0 Å². The zero-order valence-corrected chi connectivity index (χ0v) is 23.6. The first-order chi connectivity index (χ1) is 20.0. The highest BCUT2D eigenvalue weighted by Crippen LogP contribution is 2.41. The SMILES string of the molecule is COc1cccc(C(=O)NC[C@@H]2NC(=N)N3CC(NC(=O)c4cccc5c4OCCC5(C)C)[C@@H](O)[C@@]34NC(=N)N[C@@H]24)n1. The van der Waals surface area contributed by atoms with E-state index < -0.39 is 41.7 Å². The number of aromatic nitrogens is 1. The number of carbonyl (C=O) groups is 2. The molecule has 1 spiro atoms. The average Bonchev–Trinajstić information content (AvgIpc) is 3.47. The van der Waals surface area contributed by atoms with Crippen molar-refractivity contribution in [1.29, 1.82) is 10.8 Å². The number of pyridine rings is 1. The molecule has 0 saturated carbocycles. The van der Waals surface area contributed by atoms with Crippen molar-refractivity contribution in [3.63, 3.8) is 0 Å². The minimum Gasteiger partial charge on any atom is -0.492 e. The quantitative estimate of drug-likeness (QED) is 0.221. The first-order valence-corrected chi connectivity index (χ1v) is 13.9. The molecule has 14 nitrogen and oxygen atoms in total. The van der Waals surface area contributed by atoms with Crippen LogP contribution in [0.4, 0.5) is 0 Å². The molecule has 5 atom stereocenters. The lowest BCUT2D eigenvalue weighted by molar-refractivity contribution is 0.00611. The van der Waals surface area contributed by atoms with Crippen LogP contribution < -0.4 is 36.1 Å². The van der Waals surface area contributed by atoms with Crippen molar-refractivity contribution in [1.82, 2.24) is 36.5 Å². The van der Waals surface area contributed by atoms with E-state index in [4.69, 9.17) is 20.3 Å². The fraction of sp³-hybridized carbons (Fsp3) is 0.464. The second kappa shape index (κ2) is 10.0. The van der Waals surface area contributed by atoms with Crippen LogP contribution in [0.5, 0.6) is 11.6 Å². The normalized spacial score (nSPS) is 28.6. The van der Waals surface area contributed by atoms with E-state index in [0.29, 0.717) is 23.8 Å². The number of aliphatic hydroxyl groups excluding tert-OH is 1. The van der Waals surface area contributed by atoms with Crippen LogP contribution in [-0.4, -0.2) is 95.4 Å². The van der Waals surface area contributed by atoms with Crippen LogP contribution in [-0.2, 0) is 5.41 Å². The van der Waals surface area contributed by atoms with Crippen LogP contribution in [0.15, 0.2) is 36.4 Å². The predicted molar refractivity (Wildman–Crippen MR) is 152 cm³/mol. The number of rotatable bonds is 6. The van der Waals surface area contributed by atoms with Gasteiger partial charge in [0.15, 0.2) is 17.6 Å². The molecule has 2 amide bonds. The maximum Gasteiger partial charge on any atom is 0.270 e. The van der Waals surface area contributed by atoms with Gasteiger partial charge in [0.05, 0.1) is 37.4 Å². The van der Waals surface area contributed by atoms with Gasteiger partial charge in [-0.3, -0.25) is 20.4 Å². The second-order valence-electron chi connectivity index (χ2n) is 11.6. The van der Waals surface area contributed by atoms with Crippen molar-refractivity contribution in [2.45, 2.75) is 55.6 Å². The highest BCUT2D eigenvalue weighted by atomic mass is 16.5. The van der Waals surface area contributed by atoms with Crippen molar-refractivity contribution in [2.75, 3.05) is 26.8 Å². The molecular weight excluding hydrogens is 542 g/mol. The monoisotopic (exact) mass is 577 g/mol. The molecule has 3 fully saturated rings. The lowest BCUT2D eigenvalue weighted by atomic mass is 9.79. The molecule has 0 aliphatic carbocycles. The van der Waals surface area contributed by atoms with E-state index in [2.05, 4.69) is 45.4 Å². The molecule has 4 aliphatic rings. The number of hydrogen-bond donors (Lipinski definition) is 8. The van der Waals surface area contributed by atoms with Crippen LogP contribution in [0, 0.1) is 10.8 Å². The summed E-state index contributed by atoms with van der Waals surface area (Å²) in [7, 11) is 1.46. The summed E-state index contributed by atoms with van der Waals surface area (Å²) in [5.74, 6) is -0.0212. The van der Waals surface area contributed by atoms with Gasteiger partial charge in [-0.05, 0) is 24.0 Å². The standard InChI is InChI=1S/C28H35N9O5/c1-27(2)10-11-42-20-14(6-4-7-15(20)27)23(39)33-18-13-37-26(30)34-17(21-28(37,22(18)38)36-25(29)35-21)12-31-24(40)16-8-5-9-19(32-16)41-3/h4-9,17-18,21-22,38H,10-13H2,1-3H3,(H2,30,34)(H,31,40)(H,33,39)(H3,29,35,36)/t17-,18?,21-,22+,28-/m0/s1. The molecule has 3 saturated heterocycles. The van der Waals surface area contributed by atoms with Gasteiger partial charge >= 0.3 is 0 Å². The molecule has 0 radical (unpaired) electrons. The maximum atomic E-state index is 13.6. The lowest BCUT2D eigenvalue weighted by Gasteiger charge is -2.49. The van der Waals surface area contributed by atoms with Crippen molar-refractivity contribution < 1.29 is 24.2 Å². The topological polar surface area (TPSA) is 197 Å². The molecule has 5 heterocycles. The minimum absolute atomic E-state index is 0.00743. The van der Waals surface area contributed by atoms with E-state index in [1.165, 1.54) is 7.11 Å². The lowest BCUT2D eigenvalue weighted by Crippen LogP contribution is -2.78. The fourth-order valence-corrected chi connectivity index (χ4v) is 6.44. The first kappa shape index (κ1) is 27.6. The summed E-state index contributed by atoms with van der Waals surface area (Å²) in [6.45, 7) is 4.92. The Morgan fingerprint density at radius 1 is 1.19 bits per heavy atom. The summed E-state index contributed by atoms with van der Waals surface area (Å²) in [4.78, 5) is 32.2. The molecule has 2 aromatic rings. The van der Waals surface area contributed by atoms with Gasteiger partial charge < -0.3 is 46.1 Å². The van der Waals surface area contributed by atoms with Crippen molar-refractivity contribution in [3.8, 4) is 11.6 Å². The van der Waals surface area contributed by atoms with Gasteiger partial charge in [0.1, 0.15) is 17.5 Å². The number of nitrogens with zero attached hydrogens (tertiary/aromatic N) is 2. The highest BCUT2D eigenvalue weighted by molar-refractivity contribution is 5.98. The molecule has 4 aliphatic heterocycles. The number of amides is 2. The minimum atomic E-state index is -1.31. The third-order valence-electron chi connectivity index (χ3n) is 8.68. The Morgan fingerprint density at radius 2 is 1.98 bits per heavy atom. The third kappa shape index (κ3) is 4.33. The summed E-state index contributed by atoms with van der Waals surface area (Å²) < 4.78 is 11.0. The smallest absolute Gasteiger partial charge is 0.270 e. The predicted octanol–water partition coefficient (Wildman–Crippen LogP) is -0.546. The number of hydrogen-bond acceptors (Lipinski definition) is 8. The number of methoxy groups -OCH3 is 1. The van der Waals surface area contributed by atoms with E-state index in [1.54, 1.807) is 29.2 Å². The van der Waals surface area contributed by atoms with Crippen LogP contribution in [0.25, 0.3) is 0 Å². The summed E-state index contributed by atoms with van der Waals surface area (Å²) in [5, 5.41) is 43.7. The highest BCUT2D eigenvalue weighted by Gasteiger charge is 2.66. The van der Waals surface area contributed by atoms with E-state index in [1.807, 2.05) is 12.1 Å². The molecular formula is C28H35N9O5. The number of nitrogens with one attached hydrogen (secondary N) is 7.